The Labute approximate surface area is 181 Å². The second-order valence-corrected chi connectivity index (χ2v) is 7.51. The maximum atomic E-state index is 13.3. The first-order valence-electron chi connectivity index (χ1n) is 10.1. The molecule has 8 nitrogen and oxygen atoms in total. The van der Waals surface area contributed by atoms with Crippen molar-refractivity contribution in [1.29, 1.82) is 0 Å². The lowest BCUT2D eigenvalue weighted by atomic mass is 9.90. The molecule has 0 bridgehead atoms. The van der Waals surface area contributed by atoms with Crippen molar-refractivity contribution in [3.8, 4) is 11.5 Å². The van der Waals surface area contributed by atoms with Crippen LogP contribution in [-0.4, -0.2) is 42.5 Å². The average Bonchev–Trinajstić information content (AvgIpc) is 2.98. The van der Waals surface area contributed by atoms with Gasteiger partial charge in [-0.2, -0.15) is 0 Å². The van der Waals surface area contributed by atoms with Crippen molar-refractivity contribution in [2.45, 2.75) is 39.3 Å². The van der Waals surface area contributed by atoms with Crippen LogP contribution in [0.1, 0.15) is 31.9 Å². The Bertz CT molecular complexity index is 1020. The summed E-state index contributed by atoms with van der Waals surface area (Å²) in [6.07, 6.45) is 0. The van der Waals surface area contributed by atoms with Crippen LogP contribution >= 0.6 is 0 Å². The van der Waals surface area contributed by atoms with Gasteiger partial charge in [0.05, 0.1) is 19.4 Å². The van der Waals surface area contributed by atoms with Gasteiger partial charge >= 0.3 is 6.03 Å². The summed E-state index contributed by atoms with van der Waals surface area (Å²) in [7, 11) is 1.57. The van der Waals surface area contributed by atoms with E-state index in [0.29, 0.717) is 29.4 Å². The van der Waals surface area contributed by atoms with Gasteiger partial charge < -0.3 is 20.1 Å². The number of anilines is 1. The predicted molar refractivity (Wildman–Crippen MR) is 116 cm³/mol. The van der Waals surface area contributed by atoms with Crippen LogP contribution in [0.25, 0.3) is 0 Å². The molecule has 0 radical (unpaired) electrons. The minimum Gasteiger partial charge on any atom is -0.496 e. The molecule has 1 aliphatic heterocycles. The SMILES string of the molecule is CCOc1ccccc1NC(=O)C(C)N1C(=O)NC(C)(c2ccc(OC)c(C)c2)C1=O. The normalized spacial score (nSPS) is 19.1. The summed E-state index contributed by atoms with van der Waals surface area (Å²) in [5.41, 5.74) is 0.633. The fraction of sp³-hybridized carbons (Fsp3) is 0.348. The Morgan fingerprint density at radius 2 is 1.90 bits per heavy atom. The molecule has 3 rings (SSSR count). The molecular weight excluding hydrogens is 398 g/mol. The number of benzene rings is 2. The maximum Gasteiger partial charge on any atom is 0.326 e. The minimum atomic E-state index is -1.29. The number of hydrogen-bond donors (Lipinski definition) is 2. The molecule has 31 heavy (non-hydrogen) atoms. The van der Waals surface area contributed by atoms with E-state index in [0.717, 1.165) is 10.5 Å². The molecule has 0 aromatic heterocycles. The second kappa shape index (κ2) is 8.67. The van der Waals surface area contributed by atoms with E-state index in [1.807, 2.05) is 13.8 Å². The number of urea groups is 1. The van der Waals surface area contributed by atoms with Crippen LogP contribution in [0.4, 0.5) is 10.5 Å². The van der Waals surface area contributed by atoms with Gasteiger partial charge in [-0.3, -0.25) is 9.59 Å². The van der Waals surface area contributed by atoms with Gasteiger partial charge in [-0.25, -0.2) is 9.69 Å². The molecular formula is C23H27N3O5. The van der Waals surface area contributed by atoms with Crippen molar-refractivity contribution in [3.05, 3.63) is 53.6 Å². The number of methoxy groups -OCH3 is 1. The topological polar surface area (TPSA) is 97.0 Å². The molecule has 2 atom stereocenters. The van der Waals surface area contributed by atoms with Crippen LogP contribution in [0.2, 0.25) is 0 Å². The highest BCUT2D eigenvalue weighted by molar-refractivity contribution is 6.11. The Kier molecular flexibility index (Phi) is 6.19. The number of amides is 4. The van der Waals surface area contributed by atoms with Crippen molar-refractivity contribution >= 4 is 23.5 Å². The van der Waals surface area contributed by atoms with Gasteiger partial charge in [0.25, 0.3) is 5.91 Å². The highest BCUT2D eigenvalue weighted by Crippen LogP contribution is 2.33. The van der Waals surface area contributed by atoms with Crippen molar-refractivity contribution < 1.29 is 23.9 Å². The van der Waals surface area contributed by atoms with Crippen LogP contribution in [0.3, 0.4) is 0 Å². The lowest BCUT2D eigenvalue weighted by Gasteiger charge is -2.25. The van der Waals surface area contributed by atoms with Crippen LogP contribution in [0.15, 0.2) is 42.5 Å². The van der Waals surface area contributed by atoms with Gasteiger partial charge in [-0.05, 0) is 63.1 Å². The minimum absolute atomic E-state index is 0.440. The molecule has 4 amide bonds. The molecule has 0 aliphatic carbocycles. The number of carbonyl (C=O) groups is 3. The summed E-state index contributed by atoms with van der Waals surface area (Å²) in [6.45, 7) is 7.28. The van der Waals surface area contributed by atoms with E-state index < -0.39 is 29.4 Å². The standard InChI is InChI=1S/C23H27N3O5/c1-6-31-19-10-8-7-9-17(19)24-20(27)15(3)26-21(28)23(4,25-22(26)29)16-11-12-18(30-5)14(2)13-16/h7-13,15H,6H2,1-5H3,(H,24,27)(H,25,29). The summed E-state index contributed by atoms with van der Waals surface area (Å²) in [4.78, 5) is 39.8. The number of ether oxygens (including phenoxy) is 2. The van der Waals surface area contributed by atoms with Crippen LogP contribution in [0.5, 0.6) is 11.5 Å². The van der Waals surface area contributed by atoms with E-state index in [1.165, 1.54) is 6.92 Å². The van der Waals surface area contributed by atoms with Crippen LogP contribution in [-0.2, 0) is 15.1 Å². The molecule has 8 heteroatoms. The molecule has 0 saturated carbocycles. The van der Waals surface area contributed by atoms with Gasteiger partial charge in [-0.1, -0.05) is 18.2 Å². The number of nitrogens with zero attached hydrogens (tertiary/aromatic N) is 1. The van der Waals surface area contributed by atoms with Crippen molar-refractivity contribution in [2.24, 2.45) is 0 Å². The predicted octanol–water partition coefficient (Wildman–Crippen LogP) is 3.20. The Hall–Kier alpha value is -3.55. The van der Waals surface area contributed by atoms with Gasteiger partial charge in [0, 0.05) is 0 Å². The molecule has 1 aliphatic rings. The molecule has 1 fully saturated rings. The summed E-state index contributed by atoms with van der Waals surface area (Å²) >= 11 is 0. The number of imide groups is 1. The molecule has 2 unspecified atom stereocenters. The summed E-state index contributed by atoms with van der Waals surface area (Å²) in [6, 6.07) is 10.6. The lowest BCUT2D eigenvalue weighted by molar-refractivity contribution is -0.136. The Balaban J connectivity index is 1.83. The number of carbonyl (C=O) groups excluding carboxylic acids is 3. The van der Waals surface area contributed by atoms with E-state index in [4.69, 9.17) is 9.47 Å². The first-order valence-corrected chi connectivity index (χ1v) is 10.1. The maximum absolute atomic E-state index is 13.3. The highest BCUT2D eigenvalue weighted by Gasteiger charge is 2.51. The number of aryl methyl sites for hydroxylation is 1. The van der Waals surface area contributed by atoms with Crippen LogP contribution in [0, 0.1) is 6.92 Å². The van der Waals surface area contributed by atoms with Gasteiger partial charge in [0.15, 0.2) is 0 Å². The quantitative estimate of drug-likeness (QED) is 0.664. The number of para-hydroxylation sites is 2. The van der Waals surface area contributed by atoms with Crippen molar-refractivity contribution in [1.82, 2.24) is 10.2 Å². The zero-order valence-electron chi connectivity index (χ0n) is 18.3. The third-order valence-electron chi connectivity index (χ3n) is 5.41. The van der Waals surface area contributed by atoms with E-state index in [1.54, 1.807) is 56.5 Å². The number of nitrogens with one attached hydrogen (secondary N) is 2. The molecule has 2 aromatic rings. The molecule has 164 valence electrons. The Morgan fingerprint density at radius 1 is 1.19 bits per heavy atom. The molecule has 0 spiro atoms. The monoisotopic (exact) mass is 425 g/mol. The van der Waals surface area contributed by atoms with E-state index in [-0.39, 0.29) is 0 Å². The third-order valence-corrected chi connectivity index (χ3v) is 5.41. The zero-order valence-corrected chi connectivity index (χ0v) is 18.3. The first kappa shape index (κ1) is 22.1. The Morgan fingerprint density at radius 3 is 2.55 bits per heavy atom. The summed E-state index contributed by atoms with van der Waals surface area (Å²) < 4.78 is 10.8. The molecule has 1 heterocycles. The summed E-state index contributed by atoms with van der Waals surface area (Å²) in [5, 5.41) is 5.48. The van der Waals surface area contributed by atoms with Crippen molar-refractivity contribution in [2.75, 3.05) is 19.0 Å². The first-order chi connectivity index (χ1) is 14.7. The van der Waals surface area contributed by atoms with Gasteiger partial charge in [0.2, 0.25) is 5.91 Å². The molecule has 2 aromatic carbocycles. The van der Waals surface area contributed by atoms with Gasteiger partial charge in [0.1, 0.15) is 23.1 Å². The fourth-order valence-corrected chi connectivity index (χ4v) is 3.60. The van der Waals surface area contributed by atoms with Crippen molar-refractivity contribution in [3.63, 3.8) is 0 Å². The smallest absolute Gasteiger partial charge is 0.326 e. The zero-order chi connectivity index (χ0) is 22.8. The fourth-order valence-electron chi connectivity index (χ4n) is 3.60. The van der Waals surface area contributed by atoms with E-state index in [9.17, 15) is 14.4 Å². The van der Waals surface area contributed by atoms with Crippen LogP contribution < -0.4 is 20.1 Å². The number of rotatable bonds is 7. The largest absolute Gasteiger partial charge is 0.496 e. The van der Waals surface area contributed by atoms with E-state index in [2.05, 4.69) is 10.6 Å². The molecule has 1 saturated heterocycles. The average molecular weight is 425 g/mol. The number of hydrogen-bond acceptors (Lipinski definition) is 5. The van der Waals surface area contributed by atoms with Gasteiger partial charge in [-0.15, -0.1) is 0 Å². The van der Waals surface area contributed by atoms with E-state index >= 15 is 0 Å². The third kappa shape index (κ3) is 4.05. The highest BCUT2D eigenvalue weighted by atomic mass is 16.5. The lowest BCUT2D eigenvalue weighted by Crippen LogP contribution is -2.47. The summed E-state index contributed by atoms with van der Waals surface area (Å²) in [5.74, 6) is 0.205. The second-order valence-electron chi connectivity index (χ2n) is 7.51. The molecule has 2 N–H and O–H groups in total.